The Morgan fingerprint density at radius 2 is 1.82 bits per heavy atom. The molecule has 11 heavy (non-hydrogen) atoms. The van der Waals surface area contributed by atoms with Gasteiger partial charge in [0.1, 0.15) is 0 Å². The molecule has 0 aromatic rings. The molecule has 0 atom stereocenters. The maximum absolute atomic E-state index is 8.30. The molecule has 0 heterocycles. The van der Waals surface area contributed by atoms with Crippen LogP contribution in [0.15, 0.2) is 0 Å². The van der Waals surface area contributed by atoms with Crippen molar-refractivity contribution in [2.45, 2.75) is 0 Å². The second kappa shape index (κ2) is 9.77. The van der Waals surface area contributed by atoms with E-state index in [1.807, 2.05) is 14.1 Å². The van der Waals surface area contributed by atoms with E-state index in [0.29, 0.717) is 19.8 Å². The van der Waals surface area contributed by atoms with E-state index in [4.69, 9.17) is 14.7 Å². The molecule has 0 aromatic heterocycles. The van der Waals surface area contributed by atoms with Gasteiger partial charge in [0.2, 0.25) is 0 Å². The zero-order valence-electron chi connectivity index (χ0n) is 6.95. The van der Waals surface area contributed by atoms with Gasteiger partial charge in [-0.3, -0.25) is 9.54 Å². The second-order valence-corrected chi connectivity index (χ2v) is 1.98. The van der Waals surface area contributed by atoms with Crippen molar-refractivity contribution in [2.75, 3.05) is 40.5 Å². The van der Waals surface area contributed by atoms with E-state index in [0.717, 1.165) is 0 Å². The number of rotatable bonds is 6. The van der Waals surface area contributed by atoms with Gasteiger partial charge in [-0.1, -0.05) is 0 Å². The van der Waals surface area contributed by atoms with Crippen molar-refractivity contribution >= 4 is 0 Å². The summed E-state index contributed by atoms with van der Waals surface area (Å²) >= 11 is 0. The molecule has 0 rings (SSSR count). The lowest BCUT2D eigenvalue weighted by atomic mass is 10.7. The summed E-state index contributed by atoms with van der Waals surface area (Å²) < 4.78 is 4.93. The fourth-order valence-corrected chi connectivity index (χ4v) is 0.445. The van der Waals surface area contributed by atoms with Gasteiger partial charge in [0, 0.05) is 14.1 Å². The van der Waals surface area contributed by atoms with E-state index in [2.05, 4.69) is 0 Å². The Morgan fingerprint density at radius 1 is 1.18 bits per heavy atom. The Hall–Kier alpha value is -0.230. The molecule has 1 N–H and O–H groups in total. The van der Waals surface area contributed by atoms with Crippen molar-refractivity contribution in [3.05, 3.63) is 0 Å². The lowest BCUT2D eigenvalue weighted by Crippen LogP contribution is -2.16. The zero-order valence-corrected chi connectivity index (χ0v) is 6.95. The third-order valence-corrected chi connectivity index (χ3v) is 0.813. The molecule has 0 fully saturated rings. The van der Waals surface area contributed by atoms with Gasteiger partial charge in [-0.25, -0.2) is 0 Å². The first kappa shape index (κ1) is 13.4. The van der Waals surface area contributed by atoms with Crippen LogP contribution in [-0.4, -0.2) is 50.7 Å². The highest BCUT2D eigenvalue weighted by molar-refractivity contribution is 4.27. The maximum atomic E-state index is 8.30. The summed E-state index contributed by atoms with van der Waals surface area (Å²) in [4.78, 5) is 5.02. The molecule has 0 bridgehead atoms. The minimum Gasteiger partial charge on any atom is -0.394 e. The van der Waals surface area contributed by atoms with E-state index in [1.54, 1.807) is 5.06 Å². The van der Waals surface area contributed by atoms with E-state index in [-0.39, 0.29) is 11.3 Å². The van der Waals surface area contributed by atoms with E-state index < -0.39 is 0 Å². The number of aliphatic hydroxyl groups is 1. The molecule has 70 valence electrons. The molecular formula is C6H16FNO3. The van der Waals surface area contributed by atoms with E-state index in [9.17, 15) is 0 Å². The third-order valence-electron chi connectivity index (χ3n) is 0.813. The van der Waals surface area contributed by atoms with Crippen LogP contribution in [0.2, 0.25) is 0 Å². The number of aliphatic hydroxyl groups excluding tert-OH is 1. The highest BCUT2D eigenvalue weighted by atomic mass is 19.0. The molecule has 4 nitrogen and oxygen atoms in total. The monoisotopic (exact) mass is 169 g/mol. The van der Waals surface area contributed by atoms with Crippen LogP contribution in [0.5, 0.6) is 0 Å². The van der Waals surface area contributed by atoms with Crippen LogP contribution in [0.1, 0.15) is 0 Å². The molecule has 0 amide bonds. The number of nitrogens with zero attached hydrogens (tertiary/aromatic N) is 1. The van der Waals surface area contributed by atoms with Gasteiger partial charge in [0.15, 0.2) is 0 Å². The first-order valence-corrected chi connectivity index (χ1v) is 3.26. The summed E-state index contributed by atoms with van der Waals surface area (Å²) in [6.07, 6.45) is 0. The number of ether oxygens (including phenoxy) is 1. The summed E-state index contributed by atoms with van der Waals surface area (Å²) in [5.41, 5.74) is 0. The van der Waals surface area contributed by atoms with Crippen molar-refractivity contribution in [1.82, 2.24) is 5.06 Å². The highest BCUT2D eigenvalue weighted by Crippen LogP contribution is 1.79. The van der Waals surface area contributed by atoms with Gasteiger partial charge < -0.3 is 9.84 Å². The Labute approximate surface area is 66.0 Å². The van der Waals surface area contributed by atoms with Crippen LogP contribution in [0, 0.1) is 0 Å². The van der Waals surface area contributed by atoms with E-state index >= 15 is 0 Å². The predicted molar refractivity (Wildman–Crippen MR) is 40.0 cm³/mol. The number of hydrogen-bond donors (Lipinski definition) is 1. The van der Waals surface area contributed by atoms with Gasteiger partial charge in [-0.2, -0.15) is 5.06 Å². The van der Waals surface area contributed by atoms with Gasteiger partial charge in [-0.05, 0) is 0 Å². The average Bonchev–Trinajstić information content (AvgIpc) is 1.87. The lowest BCUT2D eigenvalue weighted by molar-refractivity contribution is -0.134. The molecule has 0 radical (unpaired) electrons. The smallest absolute Gasteiger partial charge is 0.0918 e. The molecule has 0 aromatic carbocycles. The standard InChI is InChI=1S/C6H15NO3.FH/c1-7(2)10-6-5-9-4-3-8;/h8H,3-6H2,1-2H3;1H. The van der Waals surface area contributed by atoms with Crippen molar-refractivity contribution in [1.29, 1.82) is 0 Å². The second-order valence-electron chi connectivity index (χ2n) is 1.98. The van der Waals surface area contributed by atoms with Crippen LogP contribution in [0.4, 0.5) is 4.70 Å². The first-order chi connectivity index (χ1) is 4.77. The van der Waals surface area contributed by atoms with Crippen LogP contribution < -0.4 is 0 Å². The summed E-state index contributed by atoms with van der Waals surface area (Å²) in [5, 5.41) is 9.91. The Balaban J connectivity index is 0. The van der Waals surface area contributed by atoms with Gasteiger partial charge in [0.05, 0.1) is 26.4 Å². The van der Waals surface area contributed by atoms with Crippen LogP contribution >= 0.6 is 0 Å². The summed E-state index contributed by atoms with van der Waals surface area (Å²) in [6, 6.07) is 0. The number of hydrogen-bond acceptors (Lipinski definition) is 4. The lowest BCUT2D eigenvalue weighted by Gasteiger charge is -2.09. The molecule has 5 heteroatoms. The van der Waals surface area contributed by atoms with E-state index in [1.165, 1.54) is 0 Å². The SMILES string of the molecule is CN(C)OCCOCCO.F. The quantitative estimate of drug-likeness (QED) is 0.435. The minimum absolute atomic E-state index is 0. The molecule has 0 aliphatic carbocycles. The van der Waals surface area contributed by atoms with Crippen LogP contribution in [0.25, 0.3) is 0 Å². The Kier molecular flexibility index (Phi) is 11.9. The molecular weight excluding hydrogens is 153 g/mol. The van der Waals surface area contributed by atoms with Crippen molar-refractivity contribution in [2.24, 2.45) is 0 Å². The number of hydroxylamine groups is 2. The van der Waals surface area contributed by atoms with Crippen LogP contribution in [-0.2, 0) is 9.57 Å². The normalized spacial score (nSPS) is 9.82. The molecule has 0 unspecified atom stereocenters. The molecule has 0 aliphatic heterocycles. The largest absolute Gasteiger partial charge is 0.394 e. The summed E-state index contributed by atoms with van der Waals surface area (Å²) in [7, 11) is 3.62. The summed E-state index contributed by atoms with van der Waals surface area (Å²) in [6.45, 7) is 1.52. The number of halogens is 1. The van der Waals surface area contributed by atoms with Gasteiger partial charge >= 0.3 is 0 Å². The zero-order chi connectivity index (χ0) is 7.82. The highest BCUT2D eigenvalue weighted by Gasteiger charge is 1.89. The minimum atomic E-state index is 0. The topological polar surface area (TPSA) is 41.9 Å². The fourth-order valence-electron chi connectivity index (χ4n) is 0.445. The average molecular weight is 169 g/mol. The van der Waals surface area contributed by atoms with Gasteiger partial charge in [0.25, 0.3) is 0 Å². The third kappa shape index (κ3) is 12.9. The van der Waals surface area contributed by atoms with Crippen molar-refractivity contribution in [3.8, 4) is 0 Å². The molecule has 0 spiro atoms. The fraction of sp³-hybridized carbons (Fsp3) is 1.00. The first-order valence-electron chi connectivity index (χ1n) is 3.26. The Bertz CT molecular complexity index is 72.8. The summed E-state index contributed by atoms with van der Waals surface area (Å²) in [5.74, 6) is 0. The van der Waals surface area contributed by atoms with Crippen molar-refractivity contribution in [3.63, 3.8) is 0 Å². The molecule has 0 saturated carbocycles. The van der Waals surface area contributed by atoms with Gasteiger partial charge in [-0.15, -0.1) is 0 Å². The predicted octanol–water partition coefficient (Wildman–Crippen LogP) is -0.359. The maximum Gasteiger partial charge on any atom is 0.0918 e. The Morgan fingerprint density at radius 3 is 2.27 bits per heavy atom. The van der Waals surface area contributed by atoms with Crippen molar-refractivity contribution < 1.29 is 19.4 Å². The van der Waals surface area contributed by atoms with Crippen LogP contribution in [0.3, 0.4) is 0 Å². The molecule has 0 aliphatic rings. The molecule has 0 saturated heterocycles.